The second kappa shape index (κ2) is 5.08. The maximum absolute atomic E-state index is 11.8. The van der Waals surface area contributed by atoms with E-state index in [1.807, 2.05) is 18.2 Å². The van der Waals surface area contributed by atoms with E-state index >= 15 is 0 Å². The van der Waals surface area contributed by atoms with Gasteiger partial charge >= 0.3 is 5.97 Å². The molecule has 18 heavy (non-hydrogen) atoms. The highest BCUT2D eigenvalue weighted by atomic mass is 16.7. The topological polar surface area (TPSA) is 44.8 Å². The fourth-order valence-corrected chi connectivity index (χ4v) is 2.50. The summed E-state index contributed by atoms with van der Waals surface area (Å²) in [7, 11) is 0. The van der Waals surface area contributed by atoms with Crippen LogP contribution >= 0.6 is 0 Å². The molecule has 0 saturated carbocycles. The number of hydrogen-bond acceptors (Lipinski definition) is 4. The summed E-state index contributed by atoms with van der Waals surface area (Å²) in [4.78, 5) is 11.8. The van der Waals surface area contributed by atoms with Crippen molar-refractivity contribution >= 4 is 5.97 Å². The Morgan fingerprint density at radius 2 is 2.17 bits per heavy atom. The molecule has 2 heterocycles. The van der Waals surface area contributed by atoms with Crippen molar-refractivity contribution in [3.8, 4) is 0 Å². The largest absolute Gasteiger partial charge is 0.462 e. The number of benzene rings is 1. The summed E-state index contributed by atoms with van der Waals surface area (Å²) in [6.07, 6.45) is 1.81. The van der Waals surface area contributed by atoms with E-state index in [-0.39, 0.29) is 24.3 Å². The van der Waals surface area contributed by atoms with Crippen molar-refractivity contribution in [2.24, 2.45) is 5.92 Å². The number of esters is 1. The molecule has 1 aromatic carbocycles. The van der Waals surface area contributed by atoms with Crippen LogP contribution in [-0.2, 0) is 14.2 Å². The summed E-state index contributed by atoms with van der Waals surface area (Å²) in [6.45, 7) is 1.16. The van der Waals surface area contributed by atoms with E-state index in [4.69, 9.17) is 14.2 Å². The van der Waals surface area contributed by atoms with Crippen LogP contribution in [0, 0.1) is 5.92 Å². The summed E-state index contributed by atoms with van der Waals surface area (Å²) in [6, 6.07) is 9.05. The maximum atomic E-state index is 11.8. The molecular formula is C14H16O4. The molecule has 0 amide bonds. The van der Waals surface area contributed by atoms with E-state index in [0.717, 1.165) is 19.4 Å². The predicted octanol–water partition coefficient (Wildman–Crippen LogP) is 1.99. The molecular weight excluding hydrogens is 232 g/mol. The van der Waals surface area contributed by atoms with E-state index in [2.05, 4.69) is 0 Å². The van der Waals surface area contributed by atoms with Gasteiger partial charge in [-0.1, -0.05) is 18.2 Å². The van der Waals surface area contributed by atoms with Crippen LogP contribution in [0.3, 0.4) is 0 Å². The molecule has 2 aliphatic heterocycles. The Morgan fingerprint density at radius 1 is 1.33 bits per heavy atom. The normalized spacial score (nSPS) is 30.1. The minimum atomic E-state index is -0.266. The van der Waals surface area contributed by atoms with Crippen LogP contribution in [0.5, 0.6) is 0 Å². The third kappa shape index (κ3) is 2.40. The highest BCUT2D eigenvalue weighted by molar-refractivity contribution is 5.89. The highest BCUT2D eigenvalue weighted by Crippen LogP contribution is 2.33. The van der Waals surface area contributed by atoms with Crippen molar-refractivity contribution in [1.29, 1.82) is 0 Å². The predicted molar refractivity (Wildman–Crippen MR) is 64.1 cm³/mol. The van der Waals surface area contributed by atoms with Crippen LogP contribution in [0.1, 0.15) is 23.2 Å². The van der Waals surface area contributed by atoms with E-state index in [0.29, 0.717) is 12.2 Å². The Hall–Kier alpha value is -1.39. The zero-order valence-corrected chi connectivity index (χ0v) is 10.1. The van der Waals surface area contributed by atoms with Gasteiger partial charge in [0, 0.05) is 12.3 Å². The van der Waals surface area contributed by atoms with Crippen LogP contribution in [-0.4, -0.2) is 31.6 Å². The molecule has 1 aromatic rings. The fraction of sp³-hybridized carbons (Fsp3) is 0.500. The number of ether oxygens (including phenoxy) is 3. The number of rotatable bonds is 3. The number of carbonyl (C=O) groups excluding carboxylic acids is 1. The quantitative estimate of drug-likeness (QED) is 0.767. The van der Waals surface area contributed by atoms with Gasteiger partial charge in [-0.25, -0.2) is 4.79 Å². The molecule has 4 heteroatoms. The first-order chi connectivity index (χ1) is 8.83. The Kier molecular flexibility index (Phi) is 3.30. The van der Waals surface area contributed by atoms with E-state index < -0.39 is 0 Å². The molecule has 0 aromatic heterocycles. The molecule has 2 saturated heterocycles. The van der Waals surface area contributed by atoms with E-state index in [1.54, 1.807) is 12.1 Å². The van der Waals surface area contributed by atoms with Crippen LogP contribution in [0.2, 0.25) is 0 Å². The van der Waals surface area contributed by atoms with Crippen molar-refractivity contribution in [2.75, 3.05) is 13.2 Å². The third-order valence-corrected chi connectivity index (χ3v) is 3.49. The van der Waals surface area contributed by atoms with Gasteiger partial charge in [-0.3, -0.25) is 0 Å². The average molecular weight is 248 g/mol. The lowest BCUT2D eigenvalue weighted by Gasteiger charge is -2.21. The Bertz CT molecular complexity index is 417. The van der Waals surface area contributed by atoms with Crippen LogP contribution in [0.4, 0.5) is 0 Å². The van der Waals surface area contributed by atoms with Crippen molar-refractivity contribution in [3.05, 3.63) is 35.9 Å². The van der Waals surface area contributed by atoms with E-state index in [9.17, 15) is 4.79 Å². The first-order valence-electron chi connectivity index (χ1n) is 6.32. The Labute approximate surface area is 106 Å². The second-order valence-electron chi connectivity index (χ2n) is 4.72. The van der Waals surface area contributed by atoms with Crippen LogP contribution in [0.15, 0.2) is 30.3 Å². The van der Waals surface area contributed by atoms with Crippen LogP contribution in [0.25, 0.3) is 0 Å². The molecule has 0 aliphatic carbocycles. The molecule has 4 nitrogen and oxygen atoms in total. The highest BCUT2D eigenvalue weighted by Gasteiger charge is 2.39. The lowest BCUT2D eigenvalue weighted by molar-refractivity contribution is -0.175. The minimum Gasteiger partial charge on any atom is -0.462 e. The summed E-state index contributed by atoms with van der Waals surface area (Å²) < 4.78 is 16.4. The Balaban J connectivity index is 1.54. The molecule has 0 spiro atoms. The molecule has 2 aliphatic rings. The maximum Gasteiger partial charge on any atom is 0.338 e. The van der Waals surface area contributed by atoms with Gasteiger partial charge in [-0.2, -0.15) is 0 Å². The second-order valence-corrected chi connectivity index (χ2v) is 4.72. The third-order valence-electron chi connectivity index (χ3n) is 3.49. The SMILES string of the molecule is O=C(OC[C@H]1C[C@H]2OCC[C@@H]1O2)c1ccccc1. The molecule has 3 atom stereocenters. The smallest absolute Gasteiger partial charge is 0.338 e. The molecule has 0 radical (unpaired) electrons. The molecule has 3 rings (SSSR count). The standard InChI is InChI=1S/C14H16O4/c15-14(10-4-2-1-3-5-10)17-9-11-8-13-16-7-6-12(11)18-13/h1-5,11-13H,6-9H2/t11-,12+,13+/m1/s1. The van der Waals surface area contributed by atoms with Crippen molar-refractivity contribution < 1.29 is 19.0 Å². The van der Waals surface area contributed by atoms with Gasteiger partial charge < -0.3 is 14.2 Å². The number of hydrogen-bond donors (Lipinski definition) is 0. The monoisotopic (exact) mass is 248 g/mol. The molecule has 0 N–H and O–H groups in total. The van der Waals surface area contributed by atoms with Gasteiger partial charge in [0.25, 0.3) is 0 Å². The van der Waals surface area contributed by atoms with Crippen molar-refractivity contribution in [2.45, 2.75) is 25.2 Å². The summed E-state index contributed by atoms with van der Waals surface area (Å²) in [5.74, 6) is 0.00290. The van der Waals surface area contributed by atoms with Crippen LogP contribution < -0.4 is 0 Å². The lowest BCUT2D eigenvalue weighted by atomic mass is 10.0. The summed E-state index contributed by atoms with van der Waals surface area (Å²) in [5, 5.41) is 0. The summed E-state index contributed by atoms with van der Waals surface area (Å²) >= 11 is 0. The van der Waals surface area contributed by atoms with Crippen molar-refractivity contribution in [1.82, 2.24) is 0 Å². The lowest BCUT2D eigenvalue weighted by Crippen LogP contribution is -2.26. The first-order valence-corrected chi connectivity index (χ1v) is 6.32. The zero-order chi connectivity index (χ0) is 12.4. The molecule has 0 unspecified atom stereocenters. The summed E-state index contributed by atoms with van der Waals surface area (Å²) in [5.41, 5.74) is 0.593. The average Bonchev–Trinajstić information content (AvgIpc) is 2.71. The fourth-order valence-electron chi connectivity index (χ4n) is 2.50. The van der Waals surface area contributed by atoms with Gasteiger partial charge in [-0.05, 0) is 18.6 Å². The van der Waals surface area contributed by atoms with Gasteiger partial charge in [-0.15, -0.1) is 0 Å². The van der Waals surface area contributed by atoms with Gasteiger partial charge in [0.1, 0.15) is 0 Å². The van der Waals surface area contributed by atoms with Gasteiger partial charge in [0.2, 0.25) is 0 Å². The minimum absolute atomic E-state index is 0.0934. The van der Waals surface area contributed by atoms with E-state index in [1.165, 1.54) is 0 Å². The molecule has 2 fully saturated rings. The molecule has 2 bridgehead atoms. The van der Waals surface area contributed by atoms with Gasteiger partial charge in [0.15, 0.2) is 6.29 Å². The number of carbonyl (C=O) groups is 1. The Morgan fingerprint density at radius 3 is 2.94 bits per heavy atom. The van der Waals surface area contributed by atoms with Gasteiger partial charge in [0.05, 0.1) is 24.9 Å². The first kappa shape index (κ1) is 11.7. The molecule has 96 valence electrons. The number of fused-ring (bicyclic) bond motifs is 2. The van der Waals surface area contributed by atoms with Crippen molar-refractivity contribution in [3.63, 3.8) is 0 Å². The zero-order valence-electron chi connectivity index (χ0n) is 10.1.